The molecule has 1 aromatic carbocycles. The average molecular weight is 454 g/mol. The van der Waals surface area contributed by atoms with Gasteiger partial charge in [0, 0.05) is 55.5 Å². The summed E-state index contributed by atoms with van der Waals surface area (Å²) in [5.74, 6) is 0.856. The number of nitrogens with zero attached hydrogens (tertiary/aromatic N) is 4. The third kappa shape index (κ3) is 5.68. The van der Waals surface area contributed by atoms with Crippen LogP contribution in [0, 0.1) is 18.7 Å². The number of fused-ring (bicyclic) bond motifs is 1. The first-order valence-electron chi connectivity index (χ1n) is 11.7. The van der Waals surface area contributed by atoms with Crippen LogP contribution < -0.4 is 10.2 Å². The highest BCUT2D eigenvalue weighted by atomic mass is 19.1. The van der Waals surface area contributed by atoms with E-state index in [9.17, 15) is 9.18 Å². The molecular formula is C25H32FN5O2. The number of carbonyl (C=O) groups excluding carboxylic acids is 1. The van der Waals surface area contributed by atoms with Gasteiger partial charge < -0.3 is 15.0 Å². The zero-order valence-electron chi connectivity index (χ0n) is 19.6. The van der Waals surface area contributed by atoms with Crippen molar-refractivity contribution in [2.24, 2.45) is 5.92 Å². The summed E-state index contributed by atoms with van der Waals surface area (Å²) in [6.45, 7) is 8.86. The van der Waals surface area contributed by atoms with Gasteiger partial charge in [-0.25, -0.2) is 9.37 Å². The van der Waals surface area contributed by atoms with Gasteiger partial charge in [0.05, 0.1) is 11.8 Å². The van der Waals surface area contributed by atoms with E-state index in [0.29, 0.717) is 13.2 Å². The number of piperidine rings is 1. The molecule has 1 amide bonds. The van der Waals surface area contributed by atoms with E-state index in [1.165, 1.54) is 12.1 Å². The molecule has 0 aliphatic carbocycles. The van der Waals surface area contributed by atoms with Crippen molar-refractivity contribution in [2.45, 2.75) is 46.1 Å². The van der Waals surface area contributed by atoms with E-state index in [-0.39, 0.29) is 23.7 Å². The second-order valence-corrected chi connectivity index (χ2v) is 8.89. The zero-order valence-corrected chi connectivity index (χ0v) is 19.6. The van der Waals surface area contributed by atoms with E-state index in [0.717, 1.165) is 60.8 Å². The summed E-state index contributed by atoms with van der Waals surface area (Å²) in [6.07, 6.45) is 2.63. The van der Waals surface area contributed by atoms with Crippen molar-refractivity contribution in [3.63, 3.8) is 0 Å². The topological polar surface area (TPSA) is 71.8 Å². The molecule has 0 bridgehead atoms. The van der Waals surface area contributed by atoms with Gasteiger partial charge in [-0.2, -0.15) is 9.61 Å². The monoisotopic (exact) mass is 453 g/mol. The number of carbonyl (C=O) groups is 1. The number of anilines is 1. The number of hydrogen-bond donors (Lipinski definition) is 1. The van der Waals surface area contributed by atoms with Crippen LogP contribution in [0.1, 0.15) is 38.8 Å². The molecule has 0 unspecified atom stereocenters. The van der Waals surface area contributed by atoms with Gasteiger partial charge in [-0.1, -0.05) is 0 Å². The quantitative estimate of drug-likeness (QED) is 0.522. The molecule has 33 heavy (non-hydrogen) atoms. The number of hydrogen-bond acceptors (Lipinski definition) is 5. The lowest BCUT2D eigenvalue weighted by atomic mass is 9.96. The lowest BCUT2D eigenvalue weighted by Gasteiger charge is -2.33. The number of nitrogens with one attached hydrogen (secondary N) is 1. The van der Waals surface area contributed by atoms with Gasteiger partial charge >= 0.3 is 0 Å². The normalized spacial score (nSPS) is 14.9. The van der Waals surface area contributed by atoms with Crippen molar-refractivity contribution in [3.05, 3.63) is 47.9 Å². The molecule has 0 saturated carbocycles. The van der Waals surface area contributed by atoms with Crippen LogP contribution in [0.4, 0.5) is 10.2 Å². The largest absolute Gasteiger partial charge is 0.379 e. The fourth-order valence-corrected chi connectivity index (χ4v) is 4.19. The van der Waals surface area contributed by atoms with Gasteiger partial charge in [-0.15, -0.1) is 0 Å². The van der Waals surface area contributed by atoms with Crippen LogP contribution >= 0.6 is 0 Å². The molecule has 2 aromatic heterocycles. The van der Waals surface area contributed by atoms with Gasteiger partial charge in [-0.3, -0.25) is 4.79 Å². The number of aryl methyl sites for hydroxylation is 1. The lowest BCUT2D eigenvalue weighted by Crippen LogP contribution is -2.41. The molecule has 7 nitrogen and oxygen atoms in total. The Kier molecular flexibility index (Phi) is 7.23. The van der Waals surface area contributed by atoms with Crippen molar-refractivity contribution >= 4 is 17.4 Å². The molecule has 8 heteroatoms. The first-order valence-corrected chi connectivity index (χ1v) is 11.7. The van der Waals surface area contributed by atoms with E-state index >= 15 is 0 Å². The third-order valence-electron chi connectivity index (χ3n) is 5.94. The Balaban J connectivity index is 1.40. The minimum Gasteiger partial charge on any atom is -0.379 e. The van der Waals surface area contributed by atoms with Crippen molar-refractivity contribution in [1.82, 2.24) is 19.9 Å². The van der Waals surface area contributed by atoms with Gasteiger partial charge in [-0.05, 0) is 64.3 Å². The van der Waals surface area contributed by atoms with Crippen LogP contribution in [-0.2, 0) is 9.53 Å². The van der Waals surface area contributed by atoms with E-state index in [2.05, 4.69) is 15.2 Å². The molecule has 1 N–H and O–H groups in total. The molecule has 1 aliphatic heterocycles. The highest BCUT2D eigenvalue weighted by molar-refractivity contribution is 5.79. The van der Waals surface area contributed by atoms with Crippen molar-refractivity contribution in [2.75, 3.05) is 31.1 Å². The molecule has 1 aliphatic rings. The lowest BCUT2D eigenvalue weighted by molar-refractivity contribution is -0.125. The van der Waals surface area contributed by atoms with E-state index in [1.54, 1.807) is 12.1 Å². The van der Waals surface area contributed by atoms with Crippen LogP contribution in [0.2, 0.25) is 0 Å². The Bertz CT molecular complexity index is 1090. The third-order valence-corrected chi connectivity index (χ3v) is 5.94. The molecule has 0 spiro atoms. The number of halogens is 1. The van der Waals surface area contributed by atoms with Crippen molar-refractivity contribution in [3.8, 4) is 11.3 Å². The van der Waals surface area contributed by atoms with E-state index in [1.807, 2.05) is 37.4 Å². The van der Waals surface area contributed by atoms with Gasteiger partial charge in [0.1, 0.15) is 11.6 Å². The summed E-state index contributed by atoms with van der Waals surface area (Å²) >= 11 is 0. The van der Waals surface area contributed by atoms with Gasteiger partial charge in [0.25, 0.3) is 0 Å². The first-order chi connectivity index (χ1) is 15.9. The van der Waals surface area contributed by atoms with Crippen LogP contribution in [0.15, 0.2) is 36.4 Å². The van der Waals surface area contributed by atoms with Crippen LogP contribution in [-0.4, -0.2) is 52.9 Å². The summed E-state index contributed by atoms with van der Waals surface area (Å²) in [7, 11) is 0. The van der Waals surface area contributed by atoms with Gasteiger partial charge in [0.15, 0.2) is 5.65 Å². The smallest absolute Gasteiger partial charge is 0.223 e. The molecule has 3 aromatic rings. The maximum absolute atomic E-state index is 13.3. The summed E-state index contributed by atoms with van der Waals surface area (Å²) in [5, 5.41) is 7.81. The Labute approximate surface area is 194 Å². The molecular weight excluding hydrogens is 421 g/mol. The number of aromatic nitrogens is 3. The summed E-state index contributed by atoms with van der Waals surface area (Å²) < 4.78 is 20.7. The highest BCUT2D eigenvalue weighted by Gasteiger charge is 2.26. The average Bonchev–Trinajstić information content (AvgIpc) is 3.22. The highest BCUT2D eigenvalue weighted by Crippen LogP contribution is 2.27. The van der Waals surface area contributed by atoms with Crippen LogP contribution in [0.25, 0.3) is 16.9 Å². The minimum absolute atomic E-state index is 0.0260. The van der Waals surface area contributed by atoms with Gasteiger partial charge in [0.2, 0.25) is 5.91 Å². The fraction of sp³-hybridized carbons (Fsp3) is 0.480. The number of benzene rings is 1. The Morgan fingerprint density at radius 2 is 1.94 bits per heavy atom. The summed E-state index contributed by atoms with van der Waals surface area (Å²) in [4.78, 5) is 19.5. The van der Waals surface area contributed by atoms with Crippen molar-refractivity contribution in [1.29, 1.82) is 0 Å². The molecule has 0 radical (unpaired) electrons. The SMILES string of the molecule is Cc1cc(N2CCC(C(=O)NCCCOC(C)C)CC2)n2nc(-c3ccc(F)cc3)cc2n1. The second-order valence-electron chi connectivity index (χ2n) is 8.89. The Morgan fingerprint density at radius 3 is 2.64 bits per heavy atom. The van der Waals surface area contributed by atoms with E-state index < -0.39 is 0 Å². The summed E-state index contributed by atoms with van der Waals surface area (Å²) in [5.41, 5.74) is 3.27. The Hall–Kier alpha value is -3.00. The zero-order chi connectivity index (χ0) is 23.4. The molecule has 176 valence electrons. The predicted molar refractivity (Wildman–Crippen MR) is 127 cm³/mol. The maximum atomic E-state index is 13.3. The predicted octanol–water partition coefficient (Wildman–Crippen LogP) is 3.99. The molecule has 4 rings (SSSR count). The molecule has 3 heterocycles. The van der Waals surface area contributed by atoms with Crippen LogP contribution in [0.5, 0.6) is 0 Å². The first kappa shape index (κ1) is 23.2. The number of amides is 1. The Morgan fingerprint density at radius 1 is 1.21 bits per heavy atom. The molecule has 1 saturated heterocycles. The second kappa shape index (κ2) is 10.3. The van der Waals surface area contributed by atoms with Crippen molar-refractivity contribution < 1.29 is 13.9 Å². The number of ether oxygens (including phenoxy) is 1. The minimum atomic E-state index is -0.270. The fourth-order valence-electron chi connectivity index (χ4n) is 4.19. The maximum Gasteiger partial charge on any atom is 0.223 e. The molecule has 0 atom stereocenters. The number of rotatable bonds is 8. The van der Waals surface area contributed by atoms with E-state index in [4.69, 9.17) is 9.84 Å². The van der Waals surface area contributed by atoms with Crippen LogP contribution in [0.3, 0.4) is 0 Å². The molecule has 1 fully saturated rings. The summed E-state index contributed by atoms with van der Waals surface area (Å²) in [6, 6.07) is 10.3. The standard InChI is InChI=1S/C25H32FN5O2/c1-17(2)33-14-4-11-27-25(32)20-9-12-30(13-10-20)24-15-18(3)28-23-16-22(29-31(23)24)19-5-7-21(26)8-6-19/h5-8,15-17,20H,4,9-14H2,1-3H3,(H,27,32).